The monoisotopic (exact) mass is 264 g/mol. The maximum Gasteiger partial charge on any atom is 0.303 e. The third-order valence-electron chi connectivity index (χ3n) is 1.69. The molecule has 110 valence electrons. The van der Waals surface area contributed by atoms with Crippen LogP contribution in [0, 0.1) is 0 Å². The molecule has 0 unspecified atom stereocenters. The quantitative estimate of drug-likeness (QED) is 0.614. The Hall–Kier alpha value is -1.10. The SMILES string of the molecule is CCCC(=O)O.CCCC(=O)O.CCCCCO. The predicted octanol–water partition coefficient (Wildman–Crippen LogP) is 2.91. The van der Waals surface area contributed by atoms with Crippen LogP contribution in [0.4, 0.5) is 0 Å². The third-order valence-corrected chi connectivity index (χ3v) is 1.69. The molecule has 0 aliphatic carbocycles. The van der Waals surface area contributed by atoms with Gasteiger partial charge in [-0.05, 0) is 19.3 Å². The molecule has 0 aromatic heterocycles. The van der Waals surface area contributed by atoms with Gasteiger partial charge in [0.1, 0.15) is 0 Å². The van der Waals surface area contributed by atoms with Crippen LogP contribution in [0.2, 0.25) is 0 Å². The van der Waals surface area contributed by atoms with E-state index in [1.54, 1.807) is 0 Å². The Labute approximate surface area is 110 Å². The van der Waals surface area contributed by atoms with E-state index < -0.39 is 11.9 Å². The highest BCUT2D eigenvalue weighted by atomic mass is 16.4. The van der Waals surface area contributed by atoms with Crippen molar-refractivity contribution in [2.24, 2.45) is 0 Å². The summed E-state index contributed by atoms with van der Waals surface area (Å²) < 4.78 is 0. The molecular weight excluding hydrogens is 236 g/mol. The second-order valence-electron chi connectivity index (χ2n) is 3.72. The molecule has 0 bridgehead atoms. The highest BCUT2D eigenvalue weighted by Gasteiger charge is 1.88. The van der Waals surface area contributed by atoms with Crippen molar-refractivity contribution in [3.8, 4) is 0 Å². The molecule has 0 rings (SSSR count). The van der Waals surface area contributed by atoms with Gasteiger partial charge in [-0.25, -0.2) is 0 Å². The van der Waals surface area contributed by atoms with Gasteiger partial charge in [0.2, 0.25) is 0 Å². The van der Waals surface area contributed by atoms with Gasteiger partial charge in [0, 0.05) is 19.4 Å². The first-order valence-corrected chi connectivity index (χ1v) is 6.50. The van der Waals surface area contributed by atoms with Crippen molar-refractivity contribution in [1.82, 2.24) is 0 Å². The molecule has 0 saturated carbocycles. The Kier molecular flexibility index (Phi) is 26.1. The number of rotatable bonds is 7. The average molecular weight is 264 g/mol. The van der Waals surface area contributed by atoms with E-state index >= 15 is 0 Å². The largest absolute Gasteiger partial charge is 0.481 e. The molecule has 5 heteroatoms. The number of carboxylic acid groups (broad SMARTS) is 2. The molecule has 0 saturated heterocycles. The zero-order chi connectivity index (χ0) is 14.8. The van der Waals surface area contributed by atoms with Gasteiger partial charge in [-0.3, -0.25) is 9.59 Å². The lowest BCUT2D eigenvalue weighted by atomic mass is 10.3. The topological polar surface area (TPSA) is 94.8 Å². The predicted molar refractivity (Wildman–Crippen MR) is 71.7 cm³/mol. The van der Waals surface area contributed by atoms with Gasteiger partial charge in [0.25, 0.3) is 0 Å². The summed E-state index contributed by atoms with van der Waals surface area (Å²) in [5, 5.41) is 24.0. The number of aliphatic hydroxyl groups is 1. The van der Waals surface area contributed by atoms with E-state index in [0.29, 0.717) is 19.4 Å². The molecule has 5 nitrogen and oxygen atoms in total. The van der Waals surface area contributed by atoms with Crippen molar-refractivity contribution >= 4 is 11.9 Å². The Bertz CT molecular complexity index is 160. The second-order valence-corrected chi connectivity index (χ2v) is 3.72. The molecule has 0 aromatic carbocycles. The maximum atomic E-state index is 9.60. The minimum atomic E-state index is -0.711. The van der Waals surface area contributed by atoms with Crippen LogP contribution in [0.5, 0.6) is 0 Å². The minimum Gasteiger partial charge on any atom is -0.481 e. The highest BCUT2D eigenvalue weighted by Crippen LogP contribution is 1.89. The van der Waals surface area contributed by atoms with Crippen molar-refractivity contribution in [2.75, 3.05) is 6.61 Å². The molecule has 0 spiro atoms. The van der Waals surface area contributed by atoms with Gasteiger partial charge in [-0.2, -0.15) is 0 Å². The van der Waals surface area contributed by atoms with Crippen LogP contribution in [0.25, 0.3) is 0 Å². The molecule has 0 amide bonds. The lowest BCUT2D eigenvalue weighted by Crippen LogP contribution is -1.90. The number of hydrogen-bond acceptors (Lipinski definition) is 3. The summed E-state index contributed by atoms with van der Waals surface area (Å²) in [6.07, 6.45) is 5.37. The molecule has 0 atom stereocenters. The first-order chi connectivity index (χ1) is 8.45. The van der Waals surface area contributed by atoms with Crippen LogP contribution in [-0.4, -0.2) is 33.9 Å². The number of aliphatic carboxylic acids is 2. The third kappa shape index (κ3) is 46.1. The number of unbranched alkanes of at least 4 members (excludes halogenated alkanes) is 2. The van der Waals surface area contributed by atoms with E-state index in [4.69, 9.17) is 15.3 Å². The van der Waals surface area contributed by atoms with Crippen LogP contribution in [0.3, 0.4) is 0 Å². The highest BCUT2D eigenvalue weighted by molar-refractivity contribution is 5.66. The van der Waals surface area contributed by atoms with Crippen molar-refractivity contribution in [3.05, 3.63) is 0 Å². The fourth-order valence-corrected chi connectivity index (χ4v) is 0.790. The van der Waals surface area contributed by atoms with Gasteiger partial charge in [-0.1, -0.05) is 33.6 Å². The molecular formula is C13H28O5. The Balaban J connectivity index is -0.000000187. The molecule has 3 N–H and O–H groups in total. The van der Waals surface area contributed by atoms with Crippen LogP contribution in [-0.2, 0) is 9.59 Å². The number of carbonyl (C=O) groups is 2. The summed E-state index contributed by atoms with van der Waals surface area (Å²) in [4.78, 5) is 19.2. The van der Waals surface area contributed by atoms with Gasteiger partial charge in [-0.15, -0.1) is 0 Å². The number of aliphatic hydroxyl groups excluding tert-OH is 1. The van der Waals surface area contributed by atoms with Crippen LogP contribution >= 0.6 is 0 Å². The molecule has 0 aliphatic rings. The van der Waals surface area contributed by atoms with E-state index in [-0.39, 0.29) is 0 Å². The first kappa shape index (κ1) is 22.1. The van der Waals surface area contributed by atoms with Gasteiger partial charge in [0.15, 0.2) is 0 Å². The maximum absolute atomic E-state index is 9.60. The first-order valence-electron chi connectivity index (χ1n) is 6.50. The van der Waals surface area contributed by atoms with Gasteiger partial charge < -0.3 is 15.3 Å². The summed E-state index contributed by atoms with van der Waals surface area (Å²) in [7, 11) is 0. The fourth-order valence-electron chi connectivity index (χ4n) is 0.790. The van der Waals surface area contributed by atoms with E-state index in [0.717, 1.165) is 25.7 Å². The number of carboxylic acids is 2. The van der Waals surface area contributed by atoms with Crippen molar-refractivity contribution in [3.63, 3.8) is 0 Å². The van der Waals surface area contributed by atoms with Crippen LogP contribution < -0.4 is 0 Å². The van der Waals surface area contributed by atoms with E-state index in [2.05, 4.69) is 6.92 Å². The standard InChI is InChI=1S/C5H12O.2C4H8O2/c1-2-3-4-5-6;2*1-2-3-4(5)6/h6H,2-5H2,1H3;2*2-3H2,1H3,(H,5,6). The summed E-state index contributed by atoms with van der Waals surface area (Å²) in [6.45, 7) is 6.16. The van der Waals surface area contributed by atoms with Gasteiger partial charge >= 0.3 is 11.9 Å². The molecule has 0 aromatic rings. The van der Waals surface area contributed by atoms with E-state index in [1.165, 1.54) is 6.42 Å². The normalized spacial score (nSPS) is 8.44. The second kappa shape index (κ2) is 21.2. The molecule has 0 aliphatic heterocycles. The minimum absolute atomic E-state index is 0.292. The van der Waals surface area contributed by atoms with Crippen molar-refractivity contribution in [1.29, 1.82) is 0 Å². The lowest BCUT2D eigenvalue weighted by Gasteiger charge is -1.85. The summed E-state index contributed by atoms with van der Waals surface area (Å²) >= 11 is 0. The van der Waals surface area contributed by atoms with E-state index in [1.807, 2.05) is 13.8 Å². The zero-order valence-electron chi connectivity index (χ0n) is 11.8. The number of hydrogen-bond donors (Lipinski definition) is 3. The van der Waals surface area contributed by atoms with Crippen LogP contribution in [0.15, 0.2) is 0 Å². The van der Waals surface area contributed by atoms with Crippen molar-refractivity contribution < 1.29 is 24.9 Å². The zero-order valence-corrected chi connectivity index (χ0v) is 11.8. The smallest absolute Gasteiger partial charge is 0.303 e. The Morgan fingerprint density at radius 3 is 1.22 bits per heavy atom. The average Bonchev–Trinajstić information content (AvgIpc) is 2.27. The van der Waals surface area contributed by atoms with E-state index in [9.17, 15) is 9.59 Å². The summed E-state index contributed by atoms with van der Waals surface area (Å²) in [5.41, 5.74) is 0. The lowest BCUT2D eigenvalue weighted by molar-refractivity contribution is -0.138. The molecule has 0 heterocycles. The van der Waals surface area contributed by atoms with Crippen molar-refractivity contribution in [2.45, 2.75) is 65.7 Å². The summed E-state index contributed by atoms with van der Waals surface area (Å²) in [6, 6.07) is 0. The Morgan fingerprint density at radius 1 is 0.778 bits per heavy atom. The van der Waals surface area contributed by atoms with Gasteiger partial charge in [0.05, 0.1) is 0 Å². The Morgan fingerprint density at radius 2 is 1.17 bits per heavy atom. The summed E-state index contributed by atoms with van der Waals surface area (Å²) in [5.74, 6) is -1.42. The molecule has 18 heavy (non-hydrogen) atoms. The van der Waals surface area contributed by atoms with Crippen LogP contribution in [0.1, 0.15) is 65.7 Å². The molecule has 0 fully saturated rings. The molecule has 0 radical (unpaired) electrons. The fraction of sp³-hybridized carbons (Fsp3) is 0.846.